The lowest BCUT2D eigenvalue weighted by atomic mass is 10.1. The van der Waals surface area contributed by atoms with E-state index in [-0.39, 0.29) is 14.9 Å². The fourth-order valence-electron chi connectivity index (χ4n) is 2.93. The summed E-state index contributed by atoms with van der Waals surface area (Å²) >= 11 is 6.27. The van der Waals surface area contributed by atoms with E-state index < -0.39 is 16.7 Å². The summed E-state index contributed by atoms with van der Waals surface area (Å²) in [6, 6.07) is 15.7. The van der Waals surface area contributed by atoms with Crippen molar-refractivity contribution in [2.24, 2.45) is 0 Å². The number of furan rings is 1. The van der Waals surface area contributed by atoms with E-state index in [4.69, 9.17) is 21.4 Å². The number of nitro benzene ring substituents is 1. The third-order valence-electron chi connectivity index (χ3n) is 4.62. The van der Waals surface area contributed by atoms with Crippen LogP contribution in [0.1, 0.15) is 16.1 Å². The molecule has 166 valence electrons. The van der Waals surface area contributed by atoms with Gasteiger partial charge in [0, 0.05) is 29.3 Å². The fraction of sp³-hybridized carbons (Fsp3) is 0.0455. The number of hydrogen-bond acceptors (Lipinski definition) is 8. The van der Waals surface area contributed by atoms with Crippen LogP contribution >= 0.6 is 24.0 Å². The Balaban J connectivity index is 1.47. The van der Waals surface area contributed by atoms with Crippen molar-refractivity contribution < 1.29 is 23.7 Å². The third-order valence-corrected chi connectivity index (χ3v) is 5.92. The number of nitrogens with zero attached hydrogens (tertiary/aromatic N) is 2. The molecule has 1 saturated heterocycles. The van der Waals surface area contributed by atoms with Crippen LogP contribution in [0.4, 0.5) is 5.69 Å². The number of methoxy groups -OCH3 is 1. The first kappa shape index (κ1) is 22.2. The molecule has 1 aliphatic heterocycles. The van der Waals surface area contributed by atoms with Gasteiger partial charge >= 0.3 is 0 Å². The highest BCUT2D eigenvalue weighted by molar-refractivity contribution is 8.26. The molecule has 4 rings (SSSR count). The molecule has 1 aliphatic rings. The summed E-state index contributed by atoms with van der Waals surface area (Å²) in [6.07, 6.45) is 1.52. The summed E-state index contributed by atoms with van der Waals surface area (Å²) in [5.41, 5.74) is 3.48. The molecule has 0 aliphatic carbocycles. The molecule has 11 heteroatoms. The first-order chi connectivity index (χ1) is 15.9. The van der Waals surface area contributed by atoms with E-state index in [1.165, 1.54) is 25.3 Å². The molecule has 2 amide bonds. The predicted molar refractivity (Wildman–Crippen MR) is 126 cm³/mol. The van der Waals surface area contributed by atoms with E-state index in [2.05, 4.69) is 5.43 Å². The topological polar surface area (TPSA) is 115 Å². The number of amides is 2. The van der Waals surface area contributed by atoms with Crippen LogP contribution in [-0.4, -0.2) is 33.2 Å². The van der Waals surface area contributed by atoms with E-state index in [1.807, 2.05) is 0 Å². The van der Waals surface area contributed by atoms with Crippen LogP contribution in [0.2, 0.25) is 0 Å². The van der Waals surface area contributed by atoms with Gasteiger partial charge in [-0.3, -0.25) is 25.1 Å². The van der Waals surface area contributed by atoms with E-state index in [9.17, 15) is 19.7 Å². The number of hydrogen-bond donors (Lipinski definition) is 1. The highest BCUT2D eigenvalue weighted by atomic mass is 32.2. The lowest BCUT2D eigenvalue weighted by Gasteiger charge is -2.15. The number of hydrazine groups is 1. The van der Waals surface area contributed by atoms with Gasteiger partial charge < -0.3 is 9.15 Å². The zero-order chi connectivity index (χ0) is 23.5. The van der Waals surface area contributed by atoms with Crippen LogP contribution < -0.4 is 10.2 Å². The van der Waals surface area contributed by atoms with Crippen molar-refractivity contribution in [3.05, 3.63) is 87.0 Å². The van der Waals surface area contributed by atoms with Gasteiger partial charge in [0.05, 0.1) is 16.9 Å². The number of nitro groups is 1. The van der Waals surface area contributed by atoms with Crippen LogP contribution in [-0.2, 0) is 4.79 Å². The van der Waals surface area contributed by atoms with E-state index >= 15 is 0 Å². The normalized spacial score (nSPS) is 14.6. The number of thiocarbonyl (C=S) groups is 1. The highest BCUT2D eigenvalue weighted by Crippen LogP contribution is 2.33. The Morgan fingerprint density at radius 3 is 2.48 bits per heavy atom. The SMILES string of the molecule is COc1ccc(C(=O)NN2C(=O)/C(=C\c3ccc(-c4ccc([N+](=O)[O-])cc4)o3)SC2=S)cc1. The van der Waals surface area contributed by atoms with Gasteiger partial charge in [-0.05, 0) is 60.7 Å². The van der Waals surface area contributed by atoms with Crippen LogP contribution in [0.5, 0.6) is 5.75 Å². The Morgan fingerprint density at radius 1 is 1.15 bits per heavy atom. The van der Waals surface area contributed by atoms with E-state index in [0.29, 0.717) is 28.4 Å². The second kappa shape index (κ2) is 9.27. The van der Waals surface area contributed by atoms with Gasteiger partial charge in [0.15, 0.2) is 4.32 Å². The number of non-ortho nitro benzene ring substituents is 1. The molecule has 0 spiro atoms. The van der Waals surface area contributed by atoms with Crippen LogP contribution in [0.25, 0.3) is 17.4 Å². The number of carbonyl (C=O) groups is 2. The molecule has 0 bridgehead atoms. The Bertz CT molecular complexity index is 1280. The minimum Gasteiger partial charge on any atom is -0.497 e. The fourth-order valence-corrected chi connectivity index (χ4v) is 4.09. The molecule has 33 heavy (non-hydrogen) atoms. The molecule has 3 aromatic rings. The summed E-state index contributed by atoms with van der Waals surface area (Å²) in [5, 5.41) is 11.8. The molecule has 0 radical (unpaired) electrons. The molecule has 0 unspecified atom stereocenters. The minimum atomic E-state index is -0.492. The summed E-state index contributed by atoms with van der Waals surface area (Å²) in [6.45, 7) is 0. The Morgan fingerprint density at radius 2 is 1.85 bits per heavy atom. The Kier molecular flexibility index (Phi) is 6.24. The maximum Gasteiger partial charge on any atom is 0.285 e. The van der Waals surface area contributed by atoms with Crippen molar-refractivity contribution in [2.75, 3.05) is 7.11 Å². The van der Waals surface area contributed by atoms with Crippen LogP contribution in [0.3, 0.4) is 0 Å². The number of rotatable bonds is 6. The molecular formula is C22H15N3O6S2. The van der Waals surface area contributed by atoms with Crippen molar-refractivity contribution in [3.63, 3.8) is 0 Å². The largest absolute Gasteiger partial charge is 0.497 e. The molecule has 1 N–H and O–H groups in total. The predicted octanol–water partition coefficient (Wildman–Crippen LogP) is 4.41. The molecular weight excluding hydrogens is 466 g/mol. The third kappa shape index (κ3) is 4.78. The first-order valence-electron chi connectivity index (χ1n) is 9.43. The summed E-state index contributed by atoms with van der Waals surface area (Å²) in [5.74, 6) is 0.505. The molecule has 0 saturated carbocycles. The Labute approximate surface area is 197 Å². The minimum absolute atomic E-state index is 0.0223. The van der Waals surface area contributed by atoms with Gasteiger partial charge in [-0.15, -0.1) is 0 Å². The number of ether oxygens (including phenoxy) is 1. The second-order valence-corrected chi connectivity index (χ2v) is 8.37. The number of carbonyl (C=O) groups excluding carboxylic acids is 2. The maximum atomic E-state index is 12.8. The van der Waals surface area contributed by atoms with Gasteiger partial charge in [-0.2, -0.15) is 5.01 Å². The van der Waals surface area contributed by atoms with E-state index in [1.54, 1.807) is 48.5 Å². The zero-order valence-electron chi connectivity index (χ0n) is 17.0. The number of nitrogens with one attached hydrogen (secondary N) is 1. The van der Waals surface area contributed by atoms with Gasteiger partial charge in [0.25, 0.3) is 17.5 Å². The van der Waals surface area contributed by atoms with Crippen molar-refractivity contribution in [2.45, 2.75) is 0 Å². The lowest BCUT2D eigenvalue weighted by Crippen LogP contribution is -2.44. The average molecular weight is 482 g/mol. The van der Waals surface area contributed by atoms with Gasteiger partial charge in [0.2, 0.25) is 0 Å². The van der Waals surface area contributed by atoms with Crippen molar-refractivity contribution in [1.82, 2.24) is 10.4 Å². The monoisotopic (exact) mass is 481 g/mol. The Hall–Kier alpha value is -3.96. The van der Waals surface area contributed by atoms with Crippen LogP contribution in [0, 0.1) is 10.1 Å². The van der Waals surface area contributed by atoms with Crippen molar-refractivity contribution in [1.29, 1.82) is 0 Å². The van der Waals surface area contributed by atoms with Crippen molar-refractivity contribution in [3.8, 4) is 17.1 Å². The average Bonchev–Trinajstić information content (AvgIpc) is 3.39. The quantitative estimate of drug-likeness (QED) is 0.238. The second-order valence-electron chi connectivity index (χ2n) is 6.69. The van der Waals surface area contributed by atoms with Gasteiger partial charge in [-0.25, -0.2) is 0 Å². The van der Waals surface area contributed by atoms with Crippen molar-refractivity contribution >= 4 is 51.9 Å². The number of benzene rings is 2. The zero-order valence-corrected chi connectivity index (χ0v) is 18.6. The van der Waals surface area contributed by atoms with Gasteiger partial charge in [-0.1, -0.05) is 11.8 Å². The van der Waals surface area contributed by atoms with E-state index in [0.717, 1.165) is 16.8 Å². The maximum absolute atomic E-state index is 12.8. The smallest absolute Gasteiger partial charge is 0.285 e. The highest BCUT2D eigenvalue weighted by Gasteiger charge is 2.34. The molecule has 9 nitrogen and oxygen atoms in total. The standard InChI is InChI=1S/C22H15N3O6S2/c1-30-16-8-4-14(5-9-16)20(26)23-24-21(27)19(33-22(24)32)12-17-10-11-18(31-17)13-2-6-15(7-3-13)25(28)29/h2-12H,1H3,(H,23,26)/b19-12+. The first-order valence-corrected chi connectivity index (χ1v) is 10.7. The molecule has 2 heterocycles. The number of thioether (sulfide) groups is 1. The van der Waals surface area contributed by atoms with Gasteiger partial charge in [0.1, 0.15) is 17.3 Å². The molecule has 1 aromatic heterocycles. The van der Waals surface area contributed by atoms with Crippen LogP contribution in [0.15, 0.2) is 70.0 Å². The molecule has 2 aromatic carbocycles. The summed E-state index contributed by atoms with van der Waals surface area (Å²) in [4.78, 5) is 35.9. The molecule has 1 fully saturated rings. The summed E-state index contributed by atoms with van der Waals surface area (Å²) in [7, 11) is 1.52. The molecule has 0 atom stereocenters. The lowest BCUT2D eigenvalue weighted by molar-refractivity contribution is -0.384. The summed E-state index contributed by atoms with van der Waals surface area (Å²) < 4.78 is 11.0.